The monoisotopic (exact) mass is 318 g/mol. The lowest BCUT2D eigenvalue weighted by Gasteiger charge is -2.24. The Kier molecular flexibility index (Phi) is 5.42. The average molecular weight is 318 g/mol. The standard InChI is InChI=1S/C18H26N2O3/c1-10-6-5-7-15(11(10)2)12(3)19-18(23)16(13(4)21)20-17(22)14-8-9-14/h5-7,12-14,16,21H,8-9H2,1-4H3,(H,19,23)(H,20,22). The van der Waals surface area contributed by atoms with Crippen LogP contribution >= 0.6 is 0 Å². The van der Waals surface area contributed by atoms with Gasteiger partial charge in [0, 0.05) is 5.92 Å². The molecule has 0 heterocycles. The molecule has 0 aromatic heterocycles. The van der Waals surface area contributed by atoms with Gasteiger partial charge in [-0.25, -0.2) is 0 Å². The van der Waals surface area contributed by atoms with Crippen LogP contribution in [-0.2, 0) is 9.59 Å². The molecule has 2 amide bonds. The van der Waals surface area contributed by atoms with Gasteiger partial charge in [0.2, 0.25) is 11.8 Å². The summed E-state index contributed by atoms with van der Waals surface area (Å²) in [5.74, 6) is -0.506. The molecule has 126 valence electrons. The van der Waals surface area contributed by atoms with Gasteiger partial charge in [0.05, 0.1) is 12.1 Å². The smallest absolute Gasteiger partial charge is 0.245 e. The molecule has 0 aliphatic heterocycles. The second-order valence-corrected chi connectivity index (χ2v) is 6.52. The van der Waals surface area contributed by atoms with Gasteiger partial charge in [0.25, 0.3) is 0 Å². The molecule has 23 heavy (non-hydrogen) atoms. The number of hydrogen-bond donors (Lipinski definition) is 3. The fourth-order valence-electron chi connectivity index (χ4n) is 2.65. The Hall–Kier alpha value is -1.88. The van der Waals surface area contributed by atoms with Crippen molar-refractivity contribution in [1.82, 2.24) is 10.6 Å². The van der Waals surface area contributed by atoms with Crippen molar-refractivity contribution in [3.05, 3.63) is 34.9 Å². The summed E-state index contributed by atoms with van der Waals surface area (Å²) in [4.78, 5) is 24.3. The quantitative estimate of drug-likeness (QED) is 0.748. The molecular formula is C18H26N2O3. The zero-order valence-corrected chi connectivity index (χ0v) is 14.2. The van der Waals surface area contributed by atoms with Gasteiger partial charge in [-0.3, -0.25) is 9.59 Å². The first-order chi connectivity index (χ1) is 10.8. The lowest BCUT2D eigenvalue weighted by atomic mass is 9.98. The molecule has 0 saturated heterocycles. The van der Waals surface area contributed by atoms with Crippen molar-refractivity contribution in [1.29, 1.82) is 0 Å². The topological polar surface area (TPSA) is 78.4 Å². The summed E-state index contributed by atoms with van der Waals surface area (Å²) in [6.45, 7) is 7.47. The molecular weight excluding hydrogens is 292 g/mol. The van der Waals surface area contributed by atoms with Gasteiger partial charge in [-0.15, -0.1) is 0 Å². The molecule has 1 aromatic rings. The lowest BCUT2D eigenvalue weighted by molar-refractivity contribution is -0.132. The van der Waals surface area contributed by atoms with Gasteiger partial charge in [-0.2, -0.15) is 0 Å². The van der Waals surface area contributed by atoms with E-state index < -0.39 is 12.1 Å². The number of aryl methyl sites for hydroxylation is 1. The number of rotatable bonds is 6. The molecule has 1 aromatic carbocycles. The van der Waals surface area contributed by atoms with E-state index in [4.69, 9.17) is 0 Å². The summed E-state index contributed by atoms with van der Waals surface area (Å²) in [6.07, 6.45) is 0.779. The van der Waals surface area contributed by atoms with Gasteiger partial charge >= 0.3 is 0 Å². The third-order valence-corrected chi connectivity index (χ3v) is 4.48. The summed E-state index contributed by atoms with van der Waals surface area (Å²) in [7, 11) is 0. The van der Waals surface area contributed by atoms with Crippen LogP contribution in [0.1, 0.15) is 49.4 Å². The van der Waals surface area contributed by atoms with Gasteiger partial charge in [0.15, 0.2) is 0 Å². The van der Waals surface area contributed by atoms with Crippen molar-refractivity contribution in [2.75, 3.05) is 0 Å². The van der Waals surface area contributed by atoms with Crippen LogP contribution in [0.15, 0.2) is 18.2 Å². The van der Waals surface area contributed by atoms with Gasteiger partial charge in [0.1, 0.15) is 6.04 Å². The van der Waals surface area contributed by atoms with Crippen molar-refractivity contribution in [2.45, 2.75) is 58.7 Å². The largest absolute Gasteiger partial charge is 0.391 e. The van der Waals surface area contributed by atoms with Crippen molar-refractivity contribution in [3.8, 4) is 0 Å². The van der Waals surface area contributed by atoms with Crippen LogP contribution in [-0.4, -0.2) is 29.1 Å². The van der Waals surface area contributed by atoms with Crippen LogP contribution in [0.5, 0.6) is 0 Å². The molecule has 5 heteroatoms. The maximum Gasteiger partial charge on any atom is 0.245 e. The Morgan fingerprint density at radius 3 is 2.39 bits per heavy atom. The number of hydrogen-bond acceptors (Lipinski definition) is 3. The summed E-state index contributed by atoms with van der Waals surface area (Å²) < 4.78 is 0. The Balaban J connectivity index is 2.05. The van der Waals surface area contributed by atoms with Crippen LogP contribution < -0.4 is 10.6 Å². The molecule has 1 fully saturated rings. The van der Waals surface area contributed by atoms with Crippen molar-refractivity contribution < 1.29 is 14.7 Å². The number of benzene rings is 1. The molecule has 3 unspecified atom stereocenters. The maximum absolute atomic E-state index is 12.5. The molecule has 3 N–H and O–H groups in total. The SMILES string of the molecule is Cc1cccc(C(C)NC(=O)C(NC(=O)C2CC2)C(C)O)c1C. The van der Waals surface area contributed by atoms with E-state index in [-0.39, 0.29) is 23.8 Å². The highest BCUT2D eigenvalue weighted by Crippen LogP contribution is 2.29. The number of amides is 2. The van der Waals surface area contributed by atoms with Crippen LogP contribution in [0.25, 0.3) is 0 Å². The van der Waals surface area contributed by atoms with E-state index in [1.54, 1.807) is 0 Å². The number of nitrogens with one attached hydrogen (secondary N) is 2. The van der Waals surface area contributed by atoms with Crippen LogP contribution in [0.3, 0.4) is 0 Å². The molecule has 1 aliphatic carbocycles. The first-order valence-electron chi connectivity index (χ1n) is 8.16. The number of aliphatic hydroxyl groups is 1. The molecule has 5 nitrogen and oxygen atoms in total. The fraction of sp³-hybridized carbons (Fsp3) is 0.556. The average Bonchev–Trinajstić information content (AvgIpc) is 3.31. The molecule has 0 radical (unpaired) electrons. The third-order valence-electron chi connectivity index (χ3n) is 4.48. The highest BCUT2D eigenvalue weighted by molar-refractivity contribution is 5.90. The third kappa shape index (κ3) is 4.32. The normalized spacial score (nSPS) is 18.0. The van der Waals surface area contributed by atoms with E-state index in [0.29, 0.717) is 0 Å². The Bertz CT molecular complexity index is 594. The van der Waals surface area contributed by atoms with E-state index in [2.05, 4.69) is 10.6 Å². The second-order valence-electron chi connectivity index (χ2n) is 6.52. The van der Waals surface area contributed by atoms with Gasteiger partial charge < -0.3 is 15.7 Å². The highest BCUT2D eigenvalue weighted by Gasteiger charge is 2.34. The van der Waals surface area contributed by atoms with Gasteiger partial charge in [-0.05, 0) is 57.2 Å². The minimum absolute atomic E-state index is 0.000454. The highest BCUT2D eigenvalue weighted by atomic mass is 16.3. The first kappa shape index (κ1) is 17.5. The number of carbonyl (C=O) groups excluding carboxylic acids is 2. The van der Waals surface area contributed by atoms with Gasteiger partial charge in [-0.1, -0.05) is 18.2 Å². The minimum Gasteiger partial charge on any atom is -0.391 e. The maximum atomic E-state index is 12.5. The van der Waals surface area contributed by atoms with E-state index >= 15 is 0 Å². The Labute approximate surface area is 137 Å². The van der Waals surface area contributed by atoms with Crippen LogP contribution in [0.2, 0.25) is 0 Å². The molecule has 1 aliphatic rings. The number of carbonyl (C=O) groups is 2. The fourth-order valence-corrected chi connectivity index (χ4v) is 2.65. The molecule has 3 atom stereocenters. The molecule has 0 spiro atoms. The van der Waals surface area contributed by atoms with Crippen molar-refractivity contribution in [3.63, 3.8) is 0 Å². The van der Waals surface area contributed by atoms with Crippen LogP contribution in [0.4, 0.5) is 0 Å². The van der Waals surface area contributed by atoms with E-state index in [1.807, 2.05) is 39.0 Å². The predicted molar refractivity (Wildman–Crippen MR) is 88.8 cm³/mol. The summed E-state index contributed by atoms with van der Waals surface area (Å²) in [5, 5.41) is 15.4. The summed E-state index contributed by atoms with van der Waals surface area (Å²) in [5.41, 5.74) is 3.34. The van der Waals surface area contributed by atoms with E-state index in [9.17, 15) is 14.7 Å². The lowest BCUT2D eigenvalue weighted by Crippen LogP contribution is -2.53. The Morgan fingerprint density at radius 2 is 1.83 bits per heavy atom. The zero-order chi connectivity index (χ0) is 17.1. The minimum atomic E-state index is -0.941. The van der Waals surface area contributed by atoms with Crippen molar-refractivity contribution >= 4 is 11.8 Å². The Morgan fingerprint density at radius 1 is 1.17 bits per heavy atom. The molecule has 0 bridgehead atoms. The molecule has 1 saturated carbocycles. The summed E-state index contributed by atoms with van der Waals surface area (Å²) >= 11 is 0. The van der Waals surface area contributed by atoms with E-state index in [0.717, 1.165) is 29.5 Å². The van der Waals surface area contributed by atoms with E-state index in [1.165, 1.54) is 6.92 Å². The zero-order valence-electron chi connectivity index (χ0n) is 14.2. The van der Waals surface area contributed by atoms with Crippen molar-refractivity contribution in [2.24, 2.45) is 5.92 Å². The predicted octanol–water partition coefficient (Wildman–Crippen LogP) is 1.76. The number of aliphatic hydroxyl groups excluding tert-OH is 1. The second kappa shape index (κ2) is 7.13. The first-order valence-corrected chi connectivity index (χ1v) is 8.16. The summed E-state index contributed by atoms with van der Waals surface area (Å²) in [6, 6.07) is 4.86. The molecule has 2 rings (SSSR count). The van der Waals surface area contributed by atoms with Crippen LogP contribution in [0, 0.1) is 19.8 Å².